The monoisotopic (exact) mass is 308 g/mol. The maximum atomic E-state index is 6.47. The summed E-state index contributed by atoms with van der Waals surface area (Å²) in [6.45, 7) is 6.69. The molecule has 2 aromatic rings. The largest absolute Gasteiger partial charge is 0.496 e. The second-order valence-corrected chi connectivity index (χ2v) is 7.43. The van der Waals surface area contributed by atoms with Gasteiger partial charge in [0.2, 0.25) is 0 Å². The highest BCUT2D eigenvalue weighted by atomic mass is 16.5. The molecule has 0 fully saturated rings. The van der Waals surface area contributed by atoms with Gasteiger partial charge in [-0.05, 0) is 45.1 Å². The maximum Gasteiger partial charge on any atom is 0.134 e. The van der Waals surface area contributed by atoms with Crippen LogP contribution in [0.25, 0.3) is 10.8 Å². The molecule has 0 unspecified atom stereocenters. The zero-order valence-corrected chi connectivity index (χ0v) is 14.3. The van der Waals surface area contributed by atoms with Crippen molar-refractivity contribution in [1.29, 1.82) is 0 Å². The van der Waals surface area contributed by atoms with Gasteiger partial charge >= 0.3 is 0 Å². The molecule has 120 valence electrons. The van der Waals surface area contributed by atoms with E-state index in [1.54, 1.807) is 7.11 Å². The van der Waals surface area contributed by atoms with E-state index in [1.165, 1.54) is 34.8 Å². The van der Waals surface area contributed by atoms with Gasteiger partial charge in [-0.15, -0.1) is 0 Å². The van der Waals surface area contributed by atoms with E-state index >= 15 is 0 Å². The van der Waals surface area contributed by atoms with Crippen LogP contribution in [-0.4, -0.2) is 12.7 Å². The zero-order chi connectivity index (χ0) is 16.2. The fourth-order valence-corrected chi connectivity index (χ4v) is 4.42. The average molecular weight is 308 g/mol. The Morgan fingerprint density at radius 1 is 1.22 bits per heavy atom. The molecule has 2 aliphatic rings. The van der Waals surface area contributed by atoms with Crippen molar-refractivity contribution in [3.63, 3.8) is 0 Å². The third-order valence-electron chi connectivity index (χ3n) is 5.55. The Kier molecular flexibility index (Phi) is 3.19. The molecule has 1 aliphatic carbocycles. The summed E-state index contributed by atoms with van der Waals surface area (Å²) in [6.07, 6.45) is 4.78. The minimum atomic E-state index is -0.150. The Bertz CT molecular complexity index is 801. The molecule has 0 saturated carbocycles. The molecule has 2 atom stereocenters. The topological polar surface area (TPSA) is 18.5 Å². The lowest BCUT2D eigenvalue weighted by molar-refractivity contribution is 0.0110. The number of ether oxygens (including phenoxy) is 2. The van der Waals surface area contributed by atoms with Crippen LogP contribution in [0.15, 0.2) is 42.0 Å². The molecular weight excluding hydrogens is 284 g/mol. The van der Waals surface area contributed by atoms with Crippen LogP contribution < -0.4 is 9.47 Å². The smallest absolute Gasteiger partial charge is 0.134 e. The molecule has 1 aliphatic heterocycles. The molecule has 0 bridgehead atoms. The normalized spacial score (nSPS) is 25.1. The highest BCUT2D eigenvalue weighted by Crippen LogP contribution is 2.54. The van der Waals surface area contributed by atoms with Crippen LogP contribution in [0.1, 0.15) is 45.1 Å². The van der Waals surface area contributed by atoms with Crippen molar-refractivity contribution < 1.29 is 9.47 Å². The van der Waals surface area contributed by atoms with Crippen LogP contribution in [0, 0.1) is 5.92 Å². The summed E-state index contributed by atoms with van der Waals surface area (Å²) in [5.41, 5.74) is 2.56. The van der Waals surface area contributed by atoms with Crippen molar-refractivity contribution in [3.05, 3.63) is 47.5 Å². The van der Waals surface area contributed by atoms with E-state index < -0.39 is 0 Å². The summed E-state index contributed by atoms with van der Waals surface area (Å²) in [4.78, 5) is 0. The minimum Gasteiger partial charge on any atom is -0.496 e. The van der Waals surface area contributed by atoms with E-state index in [9.17, 15) is 0 Å². The third-order valence-corrected chi connectivity index (χ3v) is 5.55. The van der Waals surface area contributed by atoms with E-state index in [1.807, 2.05) is 0 Å². The van der Waals surface area contributed by atoms with E-state index in [0.29, 0.717) is 11.8 Å². The van der Waals surface area contributed by atoms with Crippen LogP contribution in [0.5, 0.6) is 11.5 Å². The van der Waals surface area contributed by atoms with E-state index in [-0.39, 0.29) is 5.60 Å². The molecule has 2 aromatic carbocycles. The molecule has 0 aromatic heterocycles. The fraction of sp³-hybridized carbons (Fsp3) is 0.429. The SMILES string of the molecule is COc1c2c(cc3ccccc13)OC(C)(C)[C@H]1CCC(C)=C[C@H]21. The number of hydrogen-bond acceptors (Lipinski definition) is 2. The Morgan fingerprint density at radius 2 is 2.00 bits per heavy atom. The number of hydrogen-bond donors (Lipinski definition) is 0. The molecule has 23 heavy (non-hydrogen) atoms. The quantitative estimate of drug-likeness (QED) is 0.651. The number of allylic oxidation sites excluding steroid dienone is 2. The molecule has 0 N–H and O–H groups in total. The molecular formula is C21H24O2. The van der Waals surface area contributed by atoms with Gasteiger partial charge in [-0.1, -0.05) is 35.9 Å². The van der Waals surface area contributed by atoms with Crippen LogP contribution in [0.2, 0.25) is 0 Å². The standard InChI is InChI=1S/C21H24O2/c1-13-9-10-17-16(11-13)19-18(23-21(17,2)3)12-14-7-5-6-8-15(14)20(19)22-4/h5-8,11-12,16-17H,9-10H2,1-4H3/t16-,17-/m0/s1. The van der Waals surface area contributed by atoms with Gasteiger partial charge in [0.1, 0.15) is 17.1 Å². The summed E-state index contributed by atoms with van der Waals surface area (Å²) in [6, 6.07) is 10.6. The first-order chi connectivity index (χ1) is 11.0. The lowest BCUT2D eigenvalue weighted by Crippen LogP contribution is -2.45. The lowest BCUT2D eigenvalue weighted by atomic mass is 9.68. The number of methoxy groups -OCH3 is 1. The Balaban J connectivity index is 2.04. The van der Waals surface area contributed by atoms with Gasteiger partial charge < -0.3 is 9.47 Å². The highest BCUT2D eigenvalue weighted by Gasteiger charge is 2.45. The Labute approximate surface area is 138 Å². The zero-order valence-electron chi connectivity index (χ0n) is 14.3. The first-order valence-electron chi connectivity index (χ1n) is 8.47. The van der Waals surface area contributed by atoms with Crippen molar-refractivity contribution >= 4 is 10.8 Å². The third kappa shape index (κ3) is 2.15. The molecule has 0 spiro atoms. The summed E-state index contributed by atoms with van der Waals surface area (Å²) in [5, 5.41) is 2.35. The summed E-state index contributed by atoms with van der Waals surface area (Å²) < 4.78 is 12.3. The predicted molar refractivity (Wildman–Crippen MR) is 94.4 cm³/mol. The maximum absolute atomic E-state index is 6.47. The van der Waals surface area contributed by atoms with Crippen molar-refractivity contribution in [2.75, 3.05) is 7.11 Å². The van der Waals surface area contributed by atoms with E-state index in [0.717, 1.165) is 11.5 Å². The van der Waals surface area contributed by atoms with Gasteiger partial charge in [0.05, 0.1) is 7.11 Å². The van der Waals surface area contributed by atoms with Gasteiger partial charge in [-0.3, -0.25) is 0 Å². The predicted octanol–water partition coefficient (Wildman–Crippen LogP) is 5.46. The van der Waals surface area contributed by atoms with Crippen LogP contribution >= 0.6 is 0 Å². The number of fused-ring (bicyclic) bond motifs is 4. The van der Waals surface area contributed by atoms with Crippen molar-refractivity contribution in [1.82, 2.24) is 0 Å². The first kappa shape index (κ1) is 14.6. The van der Waals surface area contributed by atoms with Gasteiger partial charge in [0.25, 0.3) is 0 Å². The molecule has 4 rings (SSSR count). The lowest BCUT2D eigenvalue weighted by Gasteiger charge is -2.46. The van der Waals surface area contributed by atoms with E-state index in [2.05, 4.69) is 57.2 Å². The van der Waals surface area contributed by atoms with Crippen molar-refractivity contribution in [2.24, 2.45) is 5.92 Å². The van der Waals surface area contributed by atoms with Gasteiger partial charge in [0, 0.05) is 22.8 Å². The molecule has 0 amide bonds. The van der Waals surface area contributed by atoms with Crippen molar-refractivity contribution in [3.8, 4) is 11.5 Å². The average Bonchev–Trinajstić information content (AvgIpc) is 2.52. The Hall–Kier alpha value is -1.96. The van der Waals surface area contributed by atoms with Crippen LogP contribution in [0.4, 0.5) is 0 Å². The first-order valence-corrected chi connectivity index (χ1v) is 8.47. The van der Waals surface area contributed by atoms with Gasteiger partial charge in [-0.2, -0.15) is 0 Å². The van der Waals surface area contributed by atoms with Crippen LogP contribution in [0.3, 0.4) is 0 Å². The highest BCUT2D eigenvalue weighted by molar-refractivity contribution is 5.92. The van der Waals surface area contributed by atoms with E-state index in [4.69, 9.17) is 9.47 Å². The fourth-order valence-electron chi connectivity index (χ4n) is 4.42. The molecule has 2 heteroatoms. The number of benzene rings is 2. The Morgan fingerprint density at radius 3 is 2.78 bits per heavy atom. The minimum absolute atomic E-state index is 0.150. The summed E-state index contributed by atoms with van der Waals surface area (Å²) in [5.74, 6) is 2.84. The summed E-state index contributed by atoms with van der Waals surface area (Å²) in [7, 11) is 1.77. The van der Waals surface area contributed by atoms with Crippen LogP contribution in [-0.2, 0) is 0 Å². The van der Waals surface area contributed by atoms with Crippen molar-refractivity contribution in [2.45, 2.75) is 45.1 Å². The second-order valence-electron chi connectivity index (χ2n) is 7.43. The van der Waals surface area contributed by atoms with Gasteiger partial charge in [0.15, 0.2) is 0 Å². The molecule has 0 saturated heterocycles. The van der Waals surface area contributed by atoms with Gasteiger partial charge in [-0.25, -0.2) is 0 Å². The second kappa shape index (κ2) is 5.02. The number of rotatable bonds is 1. The molecule has 1 heterocycles. The summed E-state index contributed by atoms with van der Waals surface area (Å²) >= 11 is 0. The molecule has 0 radical (unpaired) electrons. The molecule has 2 nitrogen and oxygen atoms in total.